The van der Waals surface area contributed by atoms with Crippen molar-refractivity contribution >= 4 is 40.5 Å². The van der Waals surface area contributed by atoms with Crippen LogP contribution in [0, 0.1) is 20.2 Å². The molecular formula is C17H15N5O8S. The van der Waals surface area contributed by atoms with E-state index in [2.05, 4.69) is 16.2 Å². The zero-order valence-corrected chi connectivity index (χ0v) is 16.4. The number of benzene rings is 2. The molecule has 14 heteroatoms. The molecule has 0 aliphatic heterocycles. The number of carbonyl (C=O) groups excluding carboxylic acids is 2. The van der Waals surface area contributed by atoms with Crippen LogP contribution in [0.3, 0.4) is 0 Å². The van der Waals surface area contributed by atoms with E-state index in [1.165, 1.54) is 48.5 Å². The first kappa shape index (κ1) is 23.0. The molecule has 0 heterocycles. The van der Waals surface area contributed by atoms with Crippen LogP contribution in [0.25, 0.3) is 0 Å². The Kier molecular flexibility index (Phi) is 8.15. The van der Waals surface area contributed by atoms with Crippen molar-refractivity contribution in [3.05, 3.63) is 68.8 Å². The van der Waals surface area contributed by atoms with Gasteiger partial charge < -0.3 is 9.47 Å². The number of nitro benzene ring substituents is 2. The summed E-state index contributed by atoms with van der Waals surface area (Å²) in [6.07, 6.45) is 0. The zero-order chi connectivity index (χ0) is 22.8. The van der Waals surface area contributed by atoms with Crippen molar-refractivity contribution in [2.75, 3.05) is 13.2 Å². The molecule has 2 rings (SSSR count). The number of hydrogen-bond donors (Lipinski definition) is 3. The molecule has 31 heavy (non-hydrogen) atoms. The van der Waals surface area contributed by atoms with Crippen LogP contribution in [0.1, 0.15) is 0 Å². The quantitative estimate of drug-likeness (QED) is 0.299. The summed E-state index contributed by atoms with van der Waals surface area (Å²) in [4.78, 5) is 43.5. The van der Waals surface area contributed by atoms with Crippen LogP contribution in [0.15, 0.2) is 48.5 Å². The summed E-state index contributed by atoms with van der Waals surface area (Å²) in [7, 11) is 0. The average Bonchev–Trinajstić information content (AvgIpc) is 2.75. The SMILES string of the molecule is O=C(COc1ccc([N+](=O)[O-])cc1)NNC(=S)NC(=O)COc1ccc([N+](=O)[O-])cc1. The average molecular weight is 449 g/mol. The number of nitrogens with one attached hydrogen (secondary N) is 3. The number of thiocarbonyl (C=S) groups is 1. The standard InChI is InChI=1S/C17H15N5O8S/c23-15(9-29-13-5-1-11(2-6-13)21(25)26)18-17(31)20-19-16(24)10-30-14-7-3-12(4-8-14)22(27)28/h1-8H,9-10H2,(H,19,24)(H2,18,20,23,31). The predicted octanol–water partition coefficient (Wildman–Crippen LogP) is 0.983. The lowest BCUT2D eigenvalue weighted by Gasteiger charge is -2.12. The van der Waals surface area contributed by atoms with E-state index in [1.54, 1.807) is 0 Å². The summed E-state index contributed by atoms with van der Waals surface area (Å²) in [5.41, 5.74) is 4.26. The van der Waals surface area contributed by atoms with Crippen LogP contribution < -0.4 is 25.6 Å². The van der Waals surface area contributed by atoms with Gasteiger partial charge in [0, 0.05) is 24.3 Å². The van der Waals surface area contributed by atoms with E-state index < -0.39 is 34.9 Å². The van der Waals surface area contributed by atoms with Gasteiger partial charge in [-0.3, -0.25) is 46.0 Å². The molecule has 0 aliphatic carbocycles. The second-order valence-electron chi connectivity index (χ2n) is 5.63. The molecule has 0 saturated heterocycles. The zero-order valence-electron chi connectivity index (χ0n) is 15.6. The molecule has 0 saturated carbocycles. The van der Waals surface area contributed by atoms with Gasteiger partial charge in [0.25, 0.3) is 23.2 Å². The normalized spacial score (nSPS) is 9.81. The van der Waals surface area contributed by atoms with Crippen LogP contribution in [0.4, 0.5) is 11.4 Å². The summed E-state index contributed by atoms with van der Waals surface area (Å²) in [6.45, 7) is -0.832. The molecule has 0 aromatic heterocycles. The van der Waals surface area contributed by atoms with Crippen molar-refractivity contribution in [1.29, 1.82) is 0 Å². The van der Waals surface area contributed by atoms with Gasteiger partial charge in [0.15, 0.2) is 18.3 Å². The topological polar surface area (TPSA) is 175 Å². The number of carbonyl (C=O) groups is 2. The summed E-state index contributed by atoms with van der Waals surface area (Å²) in [6, 6.07) is 10.3. The smallest absolute Gasteiger partial charge is 0.276 e. The number of nitro groups is 2. The van der Waals surface area contributed by atoms with Crippen molar-refractivity contribution in [2.45, 2.75) is 0 Å². The van der Waals surface area contributed by atoms with Crippen molar-refractivity contribution < 1.29 is 28.9 Å². The molecule has 0 atom stereocenters. The van der Waals surface area contributed by atoms with E-state index in [9.17, 15) is 29.8 Å². The van der Waals surface area contributed by atoms with Crippen molar-refractivity contribution in [1.82, 2.24) is 16.2 Å². The number of nitrogens with zero attached hydrogens (tertiary/aromatic N) is 2. The number of non-ortho nitro benzene ring substituents is 2. The number of hydrogen-bond acceptors (Lipinski definition) is 9. The van der Waals surface area contributed by atoms with Gasteiger partial charge in [-0.05, 0) is 36.5 Å². The van der Waals surface area contributed by atoms with Crippen LogP contribution in [0.5, 0.6) is 11.5 Å². The minimum absolute atomic E-state index is 0.114. The number of amides is 2. The van der Waals surface area contributed by atoms with Gasteiger partial charge in [-0.1, -0.05) is 0 Å². The fourth-order valence-electron chi connectivity index (χ4n) is 1.98. The van der Waals surface area contributed by atoms with Crippen molar-refractivity contribution in [3.63, 3.8) is 0 Å². The van der Waals surface area contributed by atoms with E-state index in [0.717, 1.165) is 0 Å². The number of hydrazine groups is 1. The highest BCUT2D eigenvalue weighted by atomic mass is 32.1. The number of rotatable bonds is 8. The van der Waals surface area contributed by atoms with Gasteiger partial charge in [-0.15, -0.1) is 0 Å². The van der Waals surface area contributed by atoms with Gasteiger partial charge in [0.1, 0.15) is 11.5 Å². The Bertz CT molecular complexity index is 981. The Morgan fingerprint density at radius 3 is 1.61 bits per heavy atom. The minimum atomic E-state index is -0.632. The van der Waals surface area contributed by atoms with Crippen LogP contribution >= 0.6 is 12.2 Å². The van der Waals surface area contributed by atoms with Crippen LogP contribution in [-0.2, 0) is 9.59 Å². The molecule has 0 unspecified atom stereocenters. The first-order chi connectivity index (χ1) is 14.7. The fourth-order valence-corrected chi connectivity index (χ4v) is 2.15. The van der Waals surface area contributed by atoms with Crippen molar-refractivity contribution in [3.8, 4) is 11.5 Å². The molecule has 2 amide bonds. The Hall–Kier alpha value is -4.33. The highest BCUT2D eigenvalue weighted by Gasteiger charge is 2.10. The Labute approximate surface area is 179 Å². The molecule has 0 fully saturated rings. The third-order valence-electron chi connectivity index (χ3n) is 3.40. The first-order valence-corrected chi connectivity index (χ1v) is 8.78. The summed E-state index contributed by atoms with van der Waals surface area (Å²) in [5.74, 6) is -0.763. The van der Waals surface area contributed by atoms with Crippen LogP contribution in [-0.4, -0.2) is 40.0 Å². The molecule has 0 spiro atoms. The molecule has 2 aromatic carbocycles. The molecule has 0 radical (unpaired) electrons. The molecule has 3 N–H and O–H groups in total. The molecule has 0 aliphatic rings. The fraction of sp³-hybridized carbons (Fsp3) is 0.118. The first-order valence-electron chi connectivity index (χ1n) is 8.38. The van der Waals surface area contributed by atoms with Crippen molar-refractivity contribution in [2.24, 2.45) is 0 Å². The second kappa shape index (κ2) is 11.0. The van der Waals surface area contributed by atoms with Gasteiger partial charge in [0.05, 0.1) is 9.85 Å². The Morgan fingerprint density at radius 2 is 1.19 bits per heavy atom. The maximum Gasteiger partial charge on any atom is 0.276 e. The molecule has 2 aromatic rings. The molecule has 162 valence electrons. The largest absolute Gasteiger partial charge is 0.484 e. The predicted molar refractivity (Wildman–Crippen MR) is 109 cm³/mol. The van der Waals surface area contributed by atoms with E-state index in [-0.39, 0.29) is 28.0 Å². The van der Waals surface area contributed by atoms with Crippen LogP contribution in [0.2, 0.25) is 0 Å². The lowest BCUT2D eigenvalue weighted by molar-refractivity contribution is -0.385. The van der Waals surface area contributed by atoms with E-state index in [0.29, 0.717) is 0 Å². The summed E-state index contributed by atoms with van der Waals surface area (Å²) >= 11 is 4.85. The Morgan fingerprint density at radius 1 is 0.774 bits per heavy atom. The lowest BCUT2D eigenvalue weighted by atomic mass is 10.3. The molecule has 0 bridgehead atoms. The third kappa shape index (κ3) is 7.90. The molecule has 13 nitrogen and oxygen atoms in total. The highest BCUT2D eigenvalue weighted by Crippen LogP contribution is 2.17. The monoisotopic (exact) mass is 449 g/mol. The lowest BCUT2D eigenvalue weighted by Crippen LogP contribution is -2.50. The number of ether oxygens (including phenoxy) is 2. The maximum atomic E-state index is 11.8. The van der Waals surface area contributed by atoms with Gasteiger partial charge in [-0.2, -0.15) is 0 Å². The van der Waals surface area contributed by atoms with E-state index in [1.807, 2.05) is 0 Å². The summed E-state index contributed by atoms with van der Waals surface area (Å²) in [5, 5.41) is 23.2. The van der Waals surface area contributed by atoms with E-state index in [4.69, 9.17) is 21.7 Å². The minimum Gasteiger partial charge on any atom is -0.484 e. The van der Waals surface area contributed by atoms with Gasteiger partial charge in [0.2, 0.25) is 0 Å². The molecular weight excluding hydrogens is 434 g/mol. The van der Waals surface area contributed by atoms with Gasteiger partial charge >= 0.3 is 0 Å². The maximum absolute atomic E-state index is 11.8. The third-order valence-corrected chi connectivity index (χ3v) is 3.61. The van der Waals surface area contributed by atoms with Gasteiger partial charge in [-0.25, -0.2) is 0 Å². The van der Waals surface area contributed by atoms with E-state index >= 15 is 0 Å². The second-order valence-corrected chi connectivity index (χ2v) is 6.04. The Balaban J connectivity index is 1.65. The highest BCUT2D eigenvalue weighted by molar-refractivity contribution is 7.80. The summed E-state index contributed by atoms with van der Waals surface area (Å²) < 4.78 is 10.3.